The first-order valence-corrected chi connectivity index (χ1v) is 5.70. The Morgan fingerprint density at radius 1 is 1.20 bits per heavy atom. The van der Waals surface area contributed by atoms with Gasteiger partial charge in [-0.25, -0.2) is 0 Å². The fraction of sp³-hybridized carbons (Fsp3) is 0.462. The van der Waals surface area contributed by atoms with Gasteiger partial charge in [0.15, 0.2) is 5.78 Å². The molecule has 0 saturated carbocycles. The number of ketones is 1. The first-order chi connectivity index (χ1) is 7.34. The Labute approximate surface area is 89.7 Å². The largest absolute Gasteiger partial charge is 0.310 e. The van der Waals surface area contributed by atoms with E-state index in [0.29, 0.717) is 17.9 Å². The zero-order valence-corrected chi connectivity index (χ0v) is 8.65. The summed E-state index contributed by atoms with van der Waals surface area (Å²) in [5.41, 5.74) is 0.872. The second kappa shape index (κ2) is 3.46. The van der Waals surface area contributed by atoms with Crippen LogP contribution in [-0.2, 0) is 0 Å². The van der Waals surface area contributed by atoms with Crippen LogP contribution in [0.3, 0.4) is 0 Å². The van der Waals surface area contributed by atoms with Crippen molar-refractivity contribution >= 4 is 5.78 Å². The fourth-order valence-corrected chi connectivity index (χ4v) is 2.93. The number of hydrogen-bond acceptors (Lipinski definition) is 2. The molecule has 0 radical (unpaired) electrons. The zero-order valence-electron chi connectivity index (χ0n) is 8.65. The molecule has 2 heterocycles. The highest BCUT2D eigenvalue weighted by Gasteiger charge is 2.42. The number of carbonyl (C=O) groups excluding carboxylic acids is 1. The summed E-state index contributed by atoms with van der Waals surface area (Å²) in [7, 11) is 0. The summed E-state index contributed by atoms with van der Waals surface area (Å²) < 4.78 is 0. The van der Waals surface area contributed by atoms with Gasteiger partial charge in [0.05, 0.1) is 0 Å². The summed E-state index contributed by atoms with van der Waals surface area (Å²) in [4.78, 5) is 12.2. The molecule has 0 aliphatic carbocycles. The Bertz CT molecular complexity index is 373. The van der Waals surface area contributed by atoms with E-state index < -0.39 is 0 Å². The minimum absolute atomic E-state index is 0.228. The van der Waals surface area contributed by atoms with Crippen LogP contribution in [0.1, 0.15) is 29.6 Å². The standard InChI is InChI=1S/C13H15NO/c15-13(9-4-2-1-3-5-9)11-8-10-6-7-12(11)14-10/h1-5,10-12,14H,6-8H2. The minimum atomic E-state index is 0.228. The Hall–Kier alpha value is -1.15. The van der Waals surface area contributed by atoms with E-state index in [9.17, 15) is 4.79 Å². The van der Waals surface area contributed by atoms with Gasteiger partial charge in [-0.05, 0) is 19.3 Å². The van der Waals surface area contributed by atoms with Crippen LogP contribution >= 0.6 is 0 Å². The van der Waals surface area contributed by atoms with Crippen LogP contribution in [0.15, 0.2) is 30.3 Å². The van der Waals surface area contributed by atoms with E-state index in [4.69, 9.17) is 0 Å². The molecule has 78 valence electrons. The molecule has 2 saturated heterocycles. The van der Waals surface area contributed by atoms with Crippen LogP contribution < -0.4 is 5.32 Å². The van der Waals surface area contributed by atoms with E-state index in [1.165, 1.54) is 12.8 Å². The predicted molar refractivity (Wildman–Crippen MR) is 58.8 cm³/mol. The lowest BCUT2D eigenvalue weighted by Gasteiger charge is -2.18. The zero-order chi connectivity index (χ0) is 10.3. The maximum atomic E-state index is 12.2. The average molecular weight is 201 g/mol. The third-order valence-electron chi connectivity index (χ3n) is 3.70. The summed E-state index contributed by atoms with van der Waals surface area (Å²) in [5, 5.41) is 3.51. The number of carbonyl (C=O) groups is 1. The van der Waals surface area contributed by atoms with Crippen LogP contribution in [0.2, 0.25) is 0 Å². The monoisotopic (exact) mass is 201 g/mol. The van der Waals surface area contributed by atoms with Crippen molar-refractivity contribution in [2.24, 2.45) is 5.92 Å². The van der Waals surface area contributed by atoms with Crippen molar-refractivity contribution in [2.75, 3.05) is 0 Å². The SMILES string of the molecule is O=C(c1ccccc1)C1CC2CCC1N2. The van der Waals surface area contributed by atoms with Gasteiger partial charge in [-0.1, -0.05) is 30.3 Å². The average Bonchev–Trinajstić information content (AvgIpc) is 2.91. The molecule has 2 aliphatic rings. The van der Waals surface area contributed by atoms with Crippen LogP contribution in [-0.4, -0.2) is 17.9 Å². The van der Waals surface area contributed by atoms with Crippen molar-refractivity contribution in [1.82, 2.24) is 5.32 Å². The van der Waals surface area contributed by atoms with E-state index >= 15 is 0 Å². The molecule has 3 rings (SSSR count). The molecule has 2 fully saturated rings. The number of benzene rings is 1. The summed E-state index contributed by atoms with van der Waals surface area (Å²) in [5.74, 6) is 0.557. The quantitative estimate of drug-likeness (QED) is 0.742. The van der Waals surface area contributed by atoms with Gasteiger partial charge in [0.2, 0.25) is 0 Å². The molecular formula is C13H15NO. The predicted octanol–water partition coefficient (Wildman–Crippen LogP) is 2.01. The third-order valence-corrected chi connectivity index (χ3v) is 3.70. The molecule has 2 bridgehead atoms. The topological polar surface area (TPSA) is 29.1 Å². The second-order valence-corrected chi connectivity index (χ2v) is 4.62. The Morgan fingerprint density at radius 2 is 2.00 bits per heavy atom. The van der Waals surface area contributed by atoms with E-state index in [-0.39, 0.29) is 5.92 Å². The number of nitrogens with one attached hydrogen (secondary N) is 1. The molecule has 2 nitrogen and oxygen atoms in total. The molecule has 0 spiro atoms. The second-order valence-electron chi connectivity index (χ2n) is 4.62. The van der Waals surface area contributed by atoms with Crippen LogP contribution in [0.25, 0.3) is 0 Å². The van der Waals surface area contributed by atoms with Crippen LogP contribution in [0, 0.1) is 5.92 Å². The van der Waals surface area contributed by atoms with Gasteiger partial charge in [0.25, 0.3) is 0 Å². The van der Waals surface area contributed by atoms with Crippen LogP contribution in [0.4, 0.5) is 0 Å². The Balaban J connectivity index is 1.81. The van der Waals surface area contributed by atoms with Gasteiger partial charge in [0.1, 0.15) is 0 Å². The molecule has 1 aromatic rings. The Morgan fingerprint density at radius 3 is 2.60 bits per heavy atom. The molecule has 0 amide bonds. The molecule has 0 aromatic heterocycles. The maximum Gasteiger partial charge on any atom is 0.167 e. The lowest BCUT2D eigenvalue weighted by molar-refractivity contribution is 0.0901. The number of fused-ring (bicyclic) bond motifs is 2. The molecule has 3 unspecified atom stereocenters. The van der Waals surface area contributed by atoms with Crippen molar-refractivity contribution in [3.63, 3.8) is 0 Å². The highest BCUT2D eigenvalue weighted by Crippen LogP contribution is 2.35. The first kappa shape index (κ1) is 9.10. The van der Waals surface area contributed by atoms with Gasteiger partial charge in [-0.2, -0.15) is 0 Å². The lowest BCUT2D eigenvalue weighted by Crippen LogP contribution is -2.28. The molecule has 3 atom stereocenters. The van der Waals surface area contributed by atoms with E-state index in [1.807, 2.05) is 30.3 Å². The molecule has 2 aliphatic heterocycles. The number of rotatable bonds is 2. The molecule has 2 heteroatoms. The summed E-state index contributed by atoms with van der Waals surface area (Å²) in [6.07, 6.45) is 3.47. The third kappa shape index (κ3) is 1.49. The highest BCUT2D eigenvalue weighted by atomic mass is 16.1. The van der Waals surface area contributed by atoms with E-state index in [0.717, 1.165) is 12.0 Å². The van der Waals surface area contributed by atoms with Gasteiger partial charge < -0.3 is 5.32 Å². The van der Waals surface area contributed by atoms with Crippen molar-refractivity contribution in [2.45, 2.75) is 31.3 Å². The van der Waals surface area contributed by atoms with Crippen molar-refractivity contribution < 1.29 is 4.79 Å². The van der Waals surface area contributed by atoms with Crippen LogP contribution in [0.5, 0.6) is 0 Å². The number of hydrogen-bond donors (Lipinski definition) is 1. The van der Waals surface area contributed by atoms with E-state index in [1.54, 1.807) is 0 Å². The van der Waals surface area contributed by atoms with Gasteiger partial charge in [-0.3, -0.25) is 4.79 Å². The summed E-state index contributed by atoms with van der Waals surface area (Å²) in [6, 6.07) is 10.7. The van der Waals surface area contributed by atoms with E-state index in [2.05, 4.69) is 5.32 Å². The minimum Gasteiger partial charge on any atom is -0.310 e. The van der Waals surface area contributed by atoms with Crippen molar-refractivity contribution in [1.29, 1.82) is 0 Å². The normalized spacial score (nSPS) is 33.2. The van der Waals surface area contributed by atoms with Gasteiger partial charge >= 0.3 is 0 Å². The molecule has 1 aromatic carbocycles. The lowest BCUT2D eigenvalue weighted by atomic mass is 9.84. The van der Waals surface area contributed by atoms with Gasteiger partial charge in [-0.15, -0.1) is 0 Å². The number of Topliss-reactive ketones (excluding diaryl/α,β-unsaturated/α-hetero) is 1. The summed E-state index contributed by atoms with van der Waals surface area (Å²) in [6.45, 7) is 0. The smallest absolute Gasteiger partial charge is 0.167 e. The maximum absolute atomic E-state index is 12.2. The highest BCUT2D eigenvalue weighted by molar-refractivity contribution is 5.98. The molecular weight excluding hydrogens is 186 g/mol. The van der Waals surface area contributed by atoms with Crippen molar-refractivity contribution in [3.05, 3.63) is 35.9 Å². The van der Waals surface area contributed by atoms with Gasteiger partial charge in [0, 0.05) is 23.6 Å². The Kier molecular flexibility index (Phi) is 2.10. The molecule has 15 heavy (non-hydrogen) atoms. The first-order valence-electron chi connectivity index (χ1n) is 5.70. The fourth-order valence-electron chi connectivity index (χ4n) is 2.93. The summed E-state index contributed by atoms with van der Waals surface area (Å²) >= 11 is 0. The molecule has 1 N–H and O–H groups in total. The van der Waals surface area contributed by atoms with Crippen molar-refractivity contribution in [3.8, 4) is 0 Å².